The Morgan fingerprint density at radius 3 is 2.50 bits per heavy atom. The first-order valence-corrected chi connectivity index (χ1v) is 8.25. The average molecular weight is 369 g/mol. The molecule has 0 bridgehead atoms. The van der Waals surface area contributed by atoms with Crippen LogP contribution >= 0.6 is 11.6 Å². The standard InChI is InChI=1S/C19H17ClN4O2/c1-12-21-16(11-18(22-12)23-13-6-4-3-5-7-13)19(25)24-14-8-9-17(26-2)15(20)10-14/h3-11H,1-2H3,(H,24,25)(H,21,22,23). The summed E-state index contributed by atoms with van der Waals surface area (Å²) >= 11 is 6.09. The van der Waals surface area contributed by atoms with Gasteiger partial charge < -0.3 is 15.4 Å². The minimum Gasteiger partial charge on any atom is -0.495 e. The molecule has 3 aromatic rings. The van der Waals surface area contributed by atoms with Gasteiger partial charge in [0.05, 0.1) is 12.1 Å². The highest BCUT2D eigenvalue weighted by molar-refractivity contribution is 6.32. The molecule has 0 unspecified atom stereocenters. The van der Waals surface area contributed by atoms with Gasteiger partial charge in [-0.15, -0.1) is 0 Å². The second kappa shape index (κ2) is 7.84. The third-order valence-corrected chi connectivity index (χ3v) is 3.82. The highest BCUT2D eigenvalue weighted by atomic mass is 35.5. The molecule has 0 radical (unpaired) electrons. The zero-order valence-electron chi connectivity index (χ0n) is 14.3. The number of hydrogen-bond donors (Lipinski definition) is 2. The van der Waals surface area contributed by atoms with Gasteiger partial charge in [-0.3, -0.25) is 4.79 Å². The van der Waals surface area contributed by atoms with E-state index in [0.717, 1.165) is 5.69 Å². The Kier molecular flexibility index (Phi) is 5.34. The van der Waals surface area contributed by atoms with Crippen LogP contribution in [-0.2, 0) is 0 Å². The SMILES string of the molecule is COc1ccc(NC(=O)c2cc(Nc3ccccc3)nc(C)n2)cc1Cl. The molecule has 0 spiro atoms. The molecule has 2 N–H and O–H groups in total. The predicted octanol–water partition coefficient (Wildman–Crippen LogP) is 4.44. The smallest absolute Gasteiger partial charge is 0.274 e. The fraction of sp³-hybridized carbons (Fsp3) is 0.105. The molecule has 0 saturated carbocycles. The molecule has 0 saturated heterocycles. The second-order valence-corrected chi connectivity index (χ2v) is 5.89. The maximum atomic E-state index is 12.5. The second-order valence-electron chi connectivity index (χ2n) is 5.48. The fourth-order valence-electron chi connectivity index (χ4n) is 2.36. The van der Waals surface area contributed by atoms with Crippen molar-refractivity contribution in [3.63, 3.8) is 0 Å². The summed E-state index contributed by atoms with van der Waals surface area (Å²) in [5, 5.41) is 6.34. The van der Waals surface area contributed by atoms with Crippen LogP contribution < -0.4 is 15.4 Å². The number of methoxy groups -OCH3 is 1. The van der Waals surface area contributed by atoms with Gasteiger partial charge in [-0.2, -0.15) is 0 Å². The summed E-state index contributed by atoms with van der Waals surface area (Å²) in [4.78, 5) is 21.1. The largest absolute Gasteiger partial charge is 0.495 e. The van der Waals surface area contributed by atoms with E-state index in [2.05, 4.69) is 20.6 Å². The van der Waals surface area contributed by atoms with Crippen LogP contribution in [0.4, 0.5) is 17.2 Å². The van der Waals surface area contributed by atoms with E-state index < -0.39 is 0 Å². The Labute approximate surface area is 156 Å². The Hall–Kier alpha value is -3.12. The molecule has 0 aliphatic rings. The molecule has 7 heteroatoms. The number of amides is 1. The third-order valence-electron chi connectivity index (χ3n) is 3.53. The van der Waals surface area contributed by atoms with Crippen molar-refractivity contribution in [2.75, 3.05) is 17.7 Å². The molecule has 132 valence electrons. The van der Waals surface area contributed by atoms with Crippen molar-refractivity contribution in [3.05, 3.63) is 71.1 Å². The maximum absolute atomic E-state index is 12.5. The number of rotatable bonds is 5. The summed E-state index contributed by atoms with van der Waals surface area (Å²) < 4.78 is 5.10. The Morgan fingerprint density at radius 1 is 1.04 bits per heavy atom. The van der Waals surface area contributed by atoms with Crippen molar-refractivity contribution in [3.8, 4) is 5.75 Å². The average Bonchev–Trinajstić information content (AvgIpc) is 2.62. The molecule has 26 heavy (non-hydrogen) atoms. The van der Waals surface area contributed by atoms with Crippen LogP contribution in [0.25, 0.3) is 0 Å². The number of anilines is 3. The fourth-order valence-corrected chi connectivity index (χ4v) is 2.61. The van der Waals surface area contributed by atoms with Crippen molar-refractivity contribution >= 4 is 34.7 Å². The van der Waals surface area contributed by atoms with Crippen LogP contribution in [0, 0.1) is 6.92 Å². The Morgan fingerprint density at radius 2 is 1.81 bits per heavy atom. The first-order chi connectivity index (χ1) is 12.5. The van der Waals surface area contributed by atoms with Gasteiger partial charge in [0.25, 0.3) is 5.91 Å². The van der Waals surface area contributed by atoms with Crippen molar-refractivity contribution in [2.45, 2.75) is 6.92 Å². The van der Waals surface area contributed by atoms with E-state index in [-0.39, 0.29) is 11.6 Å². The van der Waals surface area contributed by atoms with Crippen LogP contribution in [-0.4, -0.2) is 23.0 Å². The van der Waals surface area contributed by atoms with Crippen molar-refractivity contribution in [1.82, 2.24) is 9.97 Å². The number of para-hydroxylation sites is 1. The molecule has 3 rings (SSSR count). The van der Waals surface area contributed by atoms with Gasteiger partial charge in [0.15, 0.2) is 0 Å². The van der Waals surface area contributed by atoms with Crippen molar-refractivity contribution in [2.24, 2.45) is 0 Å². The number of nitrogens with one attached hydrogen (secondary N) is 2. The number of nitrogens with zero attached hydrogens (tertiary/aromatic N) is 2. The third kappa shape index (κ3) is 4.29. The van der Waals surface area contributed by atoms with Gasteiger partial charge in [0.2, 0.25) is 0 Å². The minimum absolute atomic E-state index is 0.253. The molecule has 0 fully saturated rings. The molecular weight excluding hydrogens is 352 g/mol. The highest BCUT2D eigenvalue weighted by Gasteiger charge is 2.12. The Balaban J connectivity index is 1.80. The molecule has 1 heterocycles. The lowest BCUT2D eigenvalue weighted by Gasteiger charge is -2.10. The number of carbonyl (C=O) groups excluding carboxylic acids is 1. The van der Waals surface area contributed by atoms with Gasteiger partial charge >= 0.3 is 0 Å². The zero-order valence-corrected chi connectivity index (χ0v) is 15.0. The van der Waals surface area contributed by atoms with Crippen LogP contribution in [0.5, 0.6) is 5.75 Å². The molecular formula is C19H17ClN4O2. The van der Waals surface area contributed by atoms with E-state index in [9.17, 15) is 4.79 Å². The number of benzene rings is 2. The molecule has 0 atom stereocenters. The Bertz CT molecular complexity index is 932. The summed E-state index contributed by atoms with van der Waals surface area (Å²) in [7, 11) is 1.53. The predicted molar refractivity (Wildman–Crippen MR) is 102 cm³/mol. The van der Waals surface area contributed by atoms with E-state index in [4.69, 9.17) is 16.3 Å². The van der Waals surface area contributed by atoms with Gasteiger partial charge in [-0.1, -0.05) is 29.8 Å². The summed E-state index contributed by atoms with van der Waals surface area (Å²) in [5.41, 5.74) is 1.68. The van der Waals surface area contributed by atoms with E-state index in [1.165, 1.54) is 7.11 Å². The topological polar surface area (TPSA) is 76.1 Å². The normalized spacial score (nSPS) is 10.3. The lowest BCUT2D eigenvalue weighted by Crippen LogP contribution is -2.15. The lowest BCUT2D eigenvalue weighted by molar-refractivity contribution is 0.102. The number of ether oxygens (including phenoxy) is 1. The maximum Gasteiger partial charge on any atom is 0.274 e. The van der Waals surface area contributed by atoms with E-state index in [0.29, 0.717) is 28.1 Å². The van der Waals surface area contributed by atoms with Crippen LogP contribution in [0.2, 0.25) is 5.02 Å². The number of aromatic nitrogens is 2. The molecule has 1 amide bonds. The molecule has 1 aromatic heterocycles. The van der Waals surface area contributed by atoms with Gasteiger partial charge in [0, 0.05) is 17.4 Å². The van der Waals surface area contributed by atoms with E-state index in [1.54, 1.807) is 31.2 Å². The van der Waals surface area contributed by atoms with E-state index >= 15 is 0 Å². The lowest BCUT2D eigenvalue weighted by atomic mass is 10.2. The summed E-state index contributed by atoms with van der Waals surface area (Å²) in [6.07, 6.45) is 0. The van der Waals surface area contributed by atoms with Gasteiger partial charge in [-0.05, 0) is 37.3 Å². The molecule has 0 aliphatic heterocycles. The molecule has 2 aromatic carbocycles. The molecule has 6 nitrogen and oxygen atoms in total. The summed E-state index contributed by atoms with van der Waals surface area (Å²) in [6.45, 7) is 1.73. The highest BCUT2D eigenvalue weighted by Crippen LogP contribution is 2.27. The monoisotopic (exact) mass is 368 g/mol. The molecule has 0 aliphatic carbocycles. The van der Waals surface area contributed by atoms with E-state index in [1.807, 2.05) is 30.3 Å². The first kappa shape index (κ1) is 17.7. The first-order valence-electron chi connectivity index (χ1n) is 7.88. The number of carbonyl (C=O) groups is 1. The summed E-state index contributed by atoms with van der Waals surface area (Å²) in [5.74, 6) is 1.22. The number of aryl methyl sites for hydroxylation is 1. The van der Waals surface area contributed by atoms with Crippen LogP contribution in [0.3, 0.4) is 0 Å². The van der Waals surface area contributed by atoms with Gasteiger partial charge in [0.1, 0.15) is 23.1 Å². The van der Waals surface area contributed by atoms with Gasteiger partial charge in [-0.25, -0.2) is 9.97 Å². The minimum atomic E-state index is -0.354. The van der Waals surface area contributed by atoms with Crippen LogP contribution in [0.15, 0.2) is 54.6 Å². The number of halogens is 1. The van der Waals surface area contributed by atoms with Crippen molar-refractivity contribution < 1.29 is 9.53 Å². The van der Waals surface area contributed by atoms with Crippen LogP contribution in [0.1, 0.15) is 16.3 Å². The van der Waals surface area contributed by atoms with Crippen molar-refractivity contribution in [1.29, 1.82) is 0 Å². The quantitative estimate of drug-likeness (QED) is 0.696. The summed E-state index contributed by atoms with van der Waals surface area (Å²) in [6, 6.07) is 16.2. The number of hydrogen-bond acceptors (Lipinski definition) is 5. The zero-order chi connectivity index (χ0) is 18.5.